The largest absolute Gasteiger partial charge is 0.481 e. The summed E-state index contributed by atoms with van der Waals surface area (Å²) in [5.41, 5.74) is 1.44. The second kappa shape index (κ2) is 8.49. The quantitative estimate of drug-likeness (QED) is 0.692. The summed E-state index contributed by atoms with van der Waals surface area (Å²) in [6.45, 7) is 5.36. The second-order valence-electron chi connectivity index (χ2n) is 5.82. The van der Waals surface area contributed by atoms with Gasteiger partial charge in [-0.2, -0.15) is 0 Å². The van der Waals surface area contributed by atoms with E-state index in [1.807, 2.05) is 25.3 Å². The van der Waals surface area contributed by atoms with Gasteiger partial charge in [0.2, 0.25) is 0 Å². The van der Waals surface area contributed by atoms with Crippen LogP contribution < -0.4 is 0 Å². The van der Waals surface area contributed by atoms with Crippen molar-refractivity contribution in [1.29, 1.82) is 0 Å². The van der Waals surface area contributed by atoms with Crippen LogP contribution in [0.2, 0.25) is 0 Å². The van der Waals surface area contributed by atoms with Crippen molar-refractivity contribution in [3.8, 4) is 0 Å². The van der Waals surface area contributed by atoms with Crippen molar-refractivity contribution in [3.63, 3.8) is 0 Å². The van der Waals surface area contributed by atoms with Crippen LogP contribution in [0.25, 0.3) is 10.9 Å². The molecule has 1 atom stereocenters. The lowest BCUT2D eigenvalue weighted by Crippen LogP contribution is -2.38. The van der Waals surface area contributed by atoms with Gasteiger partial charge in [-0.1, -0.05) is 13.0 Å². The molecule has 1 aromatic heterocycles. The number of amides is 1. The van der Waals surface area contributed by atoms with Gasteiger partial charge in [0.1, 0.15) is 0 Å². The van der Waals surface area contributed by atoms with E-state index in [1.165, 1.54) is 0 Å². The monoisotopic (exact) mass is 332 g/mol. The van der Waals surface area contributed by atoms with Crippen molar-refractivity contribution >= 4 is 22.8 Å². The van der Waals surface area contributed by atoms with Gasteiger partial charge in [0.05, 0.1) is 5.92 Å². The number of fused-ring (bicyclic) bond motifs is 1. The van der Waals surface area contributed by atoms with Gasteiger partial charge >= 0.3 is 5.97 Å². The van der Waals surface area contributed by atoms with Crippen LogP contribution in [0.3, 0.4) is 0 Å². The number of hydrogen-bond donors (Lipinski definition) is 2. The van der Waals surface area contributed by atoms with Gasteiger partial charge in [-0.15, -0.1) is 0 Å². The molecule has 0 aliphatic carbocycles. The minimum absolute atomic E-state index is 0.156. The maximum absolute atomic E-state index is 12.8. The zero-order valence-corrected chi connectivity index (χ0v) is 14.1. The number of carbonyl (C=O) groups is 2. The smallest absolute Gasteiger partial charge is 0.308 e. The number of benzene rings is 1. The third-order valence-electron chi connectivity index (χ3n) is 3.93. The first-order valence-electron chi connectivity index (χ1n) is 8.20. The molecule has 2 rings (SSSR count). The van der Waals surface area contributed by atoms with E-state index in [2.05, 4.69) is 4.98 Å². The molecular weight excluding hydrogens is 308 g/mol. The number of aromatic amines is 1. The fraction of sp³-hybridized carbons (Fsp3) is 0.444. The van der Waals surface area contributed by atoms with E-state index in [4.69, 9.17) is 9.84 Å². The Kier molecular flexibility index (Phi) is 6.37. The molecule has 0 radical (unpaired) electrons. The molecule has 0 fully saturated rings. The lowest BCUT2D eigenvalue weighted by Gasteiger charge is -2.24. The van der Waals surface area contributed by atoms with Crippen LogP contribution in [-0.4, -0.2) is 53.2 Å². The van der Waals surface area contributed by atoms with E-state index in [-0.39, 0.29) is 12.5 Å². The summed E-state index contributed by atoms with van der Waals surface area (Å²) >= 11 is 0. The Balaban J connectivity index is 2.13. The van der Waals surface area contributed by atoms with Gasteiger partial charge in [0, 0.05) is 43.6 Å². The number of aliphatic carboxylic acids is 1. The molecule has 0 aliphatic rings. The van der Waals surface area contributed by atoms with Crippen LogP contribution in [0.1, 0.15) is 30.6 Å². The number of nitrogens with zero attached hydrogens (tertiary/aromatic N) is 1. The Morgan fingerprint density at radius 2 is 2.12 bits per heavy atom. The van der Waals surface area contributed by atoms with Crippen molar-refractivity contribution in [3.05, 3.63) is 36.0 Å². The molecule has 0 spiro atoms. The second-order valence-corrected chi connectivity index (χ2v) is 5.82. The maximum atomic E-state index is 12.8. The van der Waals surface area contributed by atoms with Crippen molar-refractivity contribution < 1.29 is 19.4 Å². The van der Waals surface area contributed by atoms with Crippen molar-refractivity contribution in [2.45, 2.75) is 20.3 Å². The summed E-state index contributed by atoms with van der Waals surface area (Å²) in [6, 6.07) is 7.41. The summed E-state index contributed by atoms with van der Waals surface area (Å²) in [7, 11) is 0. The lowest BCUT2D eigenvalue weighted by atomic mass is 10.1. The number of nitrogens with one attached hydrogen (secondary N) is 1. The molecular formula is C18H24N2O4. The minimum atomic E-state index is -0.905. The molecule has 6 nitrogen and oxygen atoms in total. The average molecular weight is 332 g/mol. The predicted octanol–water partition coefficient (Wildman–Crippen LogP) is 2.76. The van der Waals surface area contributed by atoms with E-state index in [9.17, 15) is 9.59 Å². The first kappa shape index (κ1) is 18.0. The molecule has 1 aromatic carbocycles. The van der Waals surface area contributed by atoms with Crippen LogP contribution in [0.5, 0.6) is 0 Å². The number of ether oxygens (including phenoxy) is 1. The van der Waals surface area contributed by atoms with Gasteiger partial charge in [0.25, 0.3) is 5.91 Å². The molecule has 0 saturated carbocycles. The van der Waals surface area contributed by atoms with Crippen LogP contribution in [0.15, 0.2) is 30.5 Å². The first-order chi connectivity index (χ1) is 11.5. The van der Waals surface area contributed by atoms with Gasteiger partial charge in [0.15, 0.2) is 0 Å². The summed E-state index contributed by atoms with van der Waals surface area (Å²) < 4.78 is 5.31. The van der Waals surface area contributed by atoms with Crippen molar-refractivity contribution in [2.75, 3.05) is 26.3 Å². The molecule has 1 unspecified atom stereocenters. The minimum Gasteiger partial charge on any atom is -0.481 e. The Bertz CT molecular complexity index is 695. The number of H-pyrrole nitrogens is 1. The van der Waals surface area contributed by atoms with Crippen LogP contribution in [-0.2, 0) is 9.53 Å². The molecule has 0 bridgehead atoms. The SMILES string of the molecule is CCOCCCN(CC(C)C(=O)O)C(=O)c1ccc2cc[nH]c2c1. The third kappa shape index (κ3) is 4.58. The number of carboxylic acids is 1. The number of carboxylic acid groups (broad SMARTS) is 1. The summed E-state index contributed by atoms with van der Waals surface area (Å²) in [5, 5.41) is 10.2. The van der Waals surface area contributed by atoms with E-state index in [0.29, 0.717) is 31.7 Å². The fourth-order valence-electron chi connectivity index (χ4n) is 2.55. The first-order valence-corrected chi connectivity index (χ1v) is 8.20. The average Bonchev–Trinajstić information content (AvgIpc) is 3.04. The van der Waals surface area contributed by atoms with Gasteiger partial charge in [-0.25, -0.2) is 0 Å². The number of hydrogen-bond acceptors (Lipinski definition) is 3. The standard InChI is InChI=1S/C18H24N2O4/c1-3-24-10-4-9-20(12-13(2)18(22)23)17(21)15-6-5-14-7-8-19-16(14)11-15/h5-8,11,13,19H,3-4,9-10,12H2,1-2H3,(H,22,23). The Morgan fingerprint density at radius 3 is 2.83 bits per heavy atom. The normalized spacial score (nSPS) is 12.2. The molecule has 2 N–H and O–H groups in total. The summed E-state index contributed by atoms with van der Waals surface area (Å²) in [5.74, 6) is -1.68. The van der Waals surface area contributed by atoms with E-state index in [0.717, 1.165) is 10.9 Å². The highest BCUT2D eigenvalue weighted by molar-refractivity contribution is 5.98. The number of aromatic nitrogens is 1. The molecule has 0 saturated heterocycles. The highest BCUT2D eigenvalue weighted by Gasteiger charge is 2.21. The van der Waals surface area contributed by atoms with Gasteiger partial charge in [-0.05, 0) is 36.9 Å². The summed E-state index contributed by atoms with van der Waals surface area (Å²) in [6.07, 6.45) is 2.50. The molecule has 24 heavy (non-hydrogen) atoms. The van der Waals surface area contributed by atoms with Gasteiger partial charge < -0.3 is 19.7 Å². The predicted molar refractivity (Wildman–Crippen MR) is 92.1 cm³/mol. The Labute approximate surface area is 141 Å². The molecule has 1 amide bonds. The third-order valence-corrected chi connectivity index (χ3v) is 3.93. The number of rotatable bonds is 9. The van der Waals surface area contributed by atoms with Crippen molar-refractivity contribution in [1.82, 2.24) is 9.88 Å². The van der Waals surface area contributed by atoms with E-state index < -0.39 is 11.9 Å². The van der Waals surface area contributed by atoms with E-state index in [1.54, 1.807) is 24.0 Å². The van der Waals surface area contributed by atoms with Gasteiger partial charge in [-0.3, -0.25) is 9.59 Å². The topological polar surface area (TPSA) is 82.6 Å². The molecule has 2 aromatic rings. The number of carbonyl (C=O) groups excluding carboxylic acids is 1. The highest BCUT2D eigenvalue weighted by Crippen LogP contribution is 2.16. The lowest BCUT2D eigenvalue weighted by molar-refractivity contribution is -0.141. The molecule has 1 heterocycles. The zero-order chi connectivity index (χ0) is 17.5. The fourth-order valence-corrected chi connectivity index (χ4v) is 2.55. The molecule has 6 heteroatoms. The maximum Gasteiger partial charge on any atom is 0.308 e. The van der Waals surface area contributed by atoms with Crippen molar-refractivity contribution in [2.24, 2.45) is 5.92 Å². The van der Waals surface area contributed by atoms with E-state index >= 15 is 0 Å². The van der Waals surface area contributed by atoms with Crippen LogP contribution in [0, 0.1) is 5.92 Å². The van der Waals surface area contributed by atoms with Crippen LogP contribution >= 0.6 is 0 Å². The summed E-state index contributed by atoms with van der Waals surface area (Å²) in [4.78, 5) is 28.6. The molecule has 130 valence electrons. The molecule has 0 aliphatic heterocycles. The Hall–Kier alpha value is -2.34. The Morgan fingerprint density at radius 1 is 1.33 bits per heavy atom. The zero-order valence-electron chi connectivity index (χ0n) is 14.1. The highest BCUT2D eigenvalue weighted by atomic mass is 16.5. The van der Waals surface area contributed by atoms with Crippen LogP contribution in [0.4, 0.5) is 0 Å².